The van der Waals surface area contributed by atoms with Crippen LogP contribution in [0.4, 0.5) is 11.6 Å². The van der Waals surface area contributed by atoms with Crippen LogP contribution in [0.3, 0.4) is 0 Å². The molecule has 4 rings (SSSR count). The lowest BCUT2D eigenvalue weighted by Crippen LogP contribution is -2.47. The molecule has 0 radical (unpaired) electrons. The van der Waals surface area contributed by atoms with Crippen molar-refractivity contribution in [2.45, 2.75) is 39.4 Å². The molecule has 0 saturated carbocycles. The first-order chi connectivity index (χ1) is 13.4. The van der Waals surface area contributed by atoms with Crippen molar-refractivity contribution in [3.8, 4) is 0 Å². The lowest BCUT2D eigenvalue weighted by atomic mass is 10.0. The van der Waals surface area contributed by atoms with Gasteiger partial charge in [-0.2, -0.15) is 0 Å². The first-order valence-corrected chi connectivity index (χ1v) is 9.71. The van der Waals surface area contributed by atoms with E-state index in [1.54, 1.807) is 6.07 Å². The van der Waals surface area contributed by atoms with Crippen molar-refractivity contribution in [2.75, 3.05) is 31.6 Å². The van der Waals surface area contributed by atoms with Gasteiger partial charge in [-0.05, 0) is 38.5 Å². The lowest BCUT2D eigenvalue weighted by molar-refractivity contribution is -0.181. The Labute approximate surface area is 165 Å². The molecule has 7 heteroatoms. The minimum absolute atomic E-state index is 0.0815. The highest BCUT2D eigenvalue weighted by atomic mass is 16.7. The average Bonchev–Trinajstić information content (AvgIpc) is 3.12. The number of anilines is 2. The van der Waals surface area contributed by atoms with Gasteiger partial charge >= 0.3 is 0 Å². The van der Waals surface area contributed by atoms with Gasteiger partial charge in [-0.25, -0.2) is 9.97 Å². The fraction of sp³-hybridized carbons (Fsp3) is 0.476. The van der Waals surface area contributed by atoms with E-state index in [2.05, 4.69) is 28.3 Å². The molecule has 1 aromatic heterocycles. The molecule has 148 valence electrons. The highest BCUT2D eigenvalue weighted by Gasteiger charge is 2.41. The molecule has 28 heavy (non-hydrogen) atoms. The Kier molecular flexibility index (Phi) is 5.03. The first-order valence-electron chi connectivity index (χ1n) is 9.71. The number of aryl methyl sites for hydroxylation is 3. The number of piperidine rings is 1. The third kappa shape index (κ3) is 3.86. The van der Waals surface area contributed by atoms with Crippen LogP contribution in [0.5, 0.6) is 0 Å². The van der Waals surface area contributed by atoms with E-state index in [1.165, 1.54) is 5.56 Å². The second kappa shape index (κ2) is 7.48. The summed E-state index contributed by atoms with van der Waals surface area (Å²) in [6.07, 6.45) is 1.38. The van der Waals surface area contributed by atoms with Crippen LogP contribution in [0, 0.1) is 20.8 Å². The van der Waals surface area contributed by atoms with Crippen LogP contribution in [0.2, 0.25) is 0 Å². The third-order valence-electron chi connectivity index (χ3n) is 5.33. The standard InChI is InChI=1S/C21H26N4O3/c1-14-4-5-17(15(2)12-14)23-20-22-16(3)13-18(24-20)19(26)25-8-6-21(7-9-25)27-10-11-28-21/h4-5,12-13H,6-11H2,1-3H3,(H,22,23,24). The zero-order valence-corrected chi connectivity index (χ0v) is 16.6. The van der Waals surface area contributed by atoms with Crippen LogP contribution < -0.4 is 5.32 Å². The summed E-state index contributed by atoms with van der Waals surface area (Å²) in [5.74, 6) is -0.137. The number of aromatic nitrogens is 2. The van der Waals surface area contributed by atoms with Crippen molar-refractivity contribution >= 4 is 17.5 Å². The van der Waals surface area contributed by atoms with Crippen LogP contribution in [0.1, 0.15) is 40.2 Å². The maximum absolute atomic E-state index is 13.0. The van der Waals surface area contributed by atoms with E-state index in [-0.39, 0.29) is 5.91 Å². The van der Waals surface area contributed by atoms with Crippen molar-refractivity contribution in [3.63, 3.8) is 0 Å². The molecule has 2 fully saturated rings. The number of nitrogens with one attached hydrogen (secondary N) is 1. The number of likely N-dealkylation sites (tertiary alicyclic amines) is 1. The summed E-state index contributed by atoms with van der Waals surface area (Å²) in [5, 5.41) is 3.25. The molecule has 0 unspecified atom stereocenters. The molecule has 0 bridgehead atoms. The molecule has 0 atom stereocenters. The molecule has 2 aromatic rings. The zero-order valence-electron chi connectivity index (χ0n) is 16.6. The topological polar surface area (TPSA) is 76.6 Å². The van der Waals surface area contributed by atoms with Gasteiger partial charge in [0.2, 0.25) is 5.95 Å². The van der Waals surface area contributed by atoms with Gasteiger partial charge in [0.15, 0.2) is 5.79 Å². The van der Waals surface area contributed by atoms with Gasteiger partial charge in [-0.1, -0.05) is 17.7 Å². The third-order valence-corrected chi connectivity index (χ3v) is 5.33. The van der Waals surface area contributed by atoms with E-state index < -0.39 is 5.79 Å². The Hall–Kier alpha value is -2.51. The summed E-state index contributed by atoms with van der Waals surface area (Å²) in [4.78, 5) is 23.7. The maximum atomic E-state index is 13.0. The highest BCUT2D eigenvalue weighted by Crippen LogP contribution is 2.31. The van der Waals surface area contributed by atoms with Gasteiger partial charge in [-0.15, -0.1) is 0 Å². The van der Waals surface area contributed by atoms with Crippen LogP contribution in [0.15, 0.2) is 24.3 Å². The van der Waals surface area contributed by atoms with E-state index in [9.17, 15) is 4.79 Å². The number of benzene rings is 1. The van der Waals surface area contributed by atoms with Crippen LogP contribution in [0.25, 0.3) is 0 Å². The van der Waals surface area contributed by atoms with Crippen LogP contribution in [-0.2, 0) is 9.47 Å². The van der Waals surface area contributed by atoms with Gasteiger partial charge in [0.1, 0.15) is 5.69 Å². The molecule has 1 aromatic carbocycles. The first kappa shape index (κ1) is 18.8. The minimum atomic E-state index is -0.492. The SMILES string of the molecule is Cc1ccc(Nc2nc(C)cc(C(=O)N3CCC4(CC3)OCCO4)n2)c(C)c1. The summed E-state index contributed by atoms with van der Waals surface area (Å²) in [5.41, 5.74) is 4.40. The molecular weight excluding hydrogens is 356 g/mol. The fourth-order valence-corrected chi connectivity index (χ4v) is 3.81. The summed E-state index contributed by atoms with van der Waals surface area (Å²) < 4.78 is 11.5. The van der Waals surface area contributed by atoms with Crippen molar-refractivity contribution in [1.29, 1.82) is 0 Å². The molecule has 2 saturated heterocycles. The van der Waals surface area contributed by atoms with E-state index >= 15 is 0 Å². The molecular formula is C21H26N4O3. The van der Waals surface area contributed by atoms with E-state index in [0.29, 0.717) is 50.8 Å². The molecule has 7 nitrogen and oxygen atoms in total. The molecule has 1 spiro atoms. The summed E-state index contributed by atoms with van der Waals surface area (Å²) in [6, 6.07) is 7.88. The molecule has 0 aliphatic carbocycles. The predicted octanol–water partition coefficient (Wildman–Crippen LogP) is 3.12. The number of ether oxygens (including phenoxy) is 2. The molecule has 2 aliphatic heterocycles. The monoisotopic (exact) mass is 382 g/mol. The molecule has 3 heterocycles. The lowest BCUT2D eigenvalue weighted by Gasteiger charge is -2.37. The summed E-state index contributed by atoms with van der Waals surface area (Å²) in [7, 11) is 0. The van der Waals surface area contributed by atoms with Crippen molar-refractivity contribution < 1.29 is 14.3 Å². The van der Waals surface area contributed by atoms with E-state index in [1.807, 2.05) is 30.9 Å². The second-order valence-electron chi connectivity index (χ2n) is 7.56. The largest absolute Gasteiger partial charge is 0.347 e. The normalized spacial score (nSPS) is 18.5. The zero-order chi connectivity index (χ0) is 19.7. The molecule has 1 N–H and O–H groups in total. The summed E-state index contributed by atoms with van der Waals surface area (Å²) in [6.45, 7) is 8.43. The second-order valence-corrected chi connectivity index (χ2v) is 7.56. The van der Waals surface area contributed by atoms with E-state index in [4.69, 9.17) is 9.47 Å². The maximum Gasteiger partial charge on any atom is 0.272 e. The number of carbonyl (C=O) groups excluding carboxylic acids is 1. The van der Waals surface area contributed by atoms with Gasteiger partial charge in [0.25, 0.3) is 5.91 Å². The number of nitrogens with zero attached hydrogens (tertiary/aromatic N) is 3. The molecule has 2 aliphatic rings. The number of hydrogen-bond donors (Lipinski definition) is 1. The Balaban J connectivity index is 1.49. The Morgan fingerprint density at radius 2 is 1.79 bits per heavy atom. The Bertz CT molecular complexity index is 883. The number of rotatable bonds is 3. The van der Waals surface area contributed by atoms with Crippen molar-refractivity contribution in [1.82, 2.24) is 14.9 Å². The van der Waals surface area contributed by atoms with E-state index in [0.717, 1.165) is 16.9 Å². The smallest absolute Gasteiger partial charge is 0.272 e. The number of amides is 1. The van der Waals surface area contributed by atoms with Gasteiger partial charge < -0.3 is 19.7 Å². The minimum Gasteiger partial charge on any atom is -0.347 e. The highest BCUT2D eigenvalue weighted by molar-refractivity contribution is 5.92. The fourth-order valence-electron chi connectivity index (χ4n) is 3.81. The van der Waals surface area contributed by atoms with Crippen LogP contribution >= 0.6 is 0 Å². The number of hydrogen-bond acceptors (Lipinski definition) is 6. The predicted molar refractivity (Wildman–Crippen MR) is 106 cm³/mol. The van der Waals surface area contributed by atoms with Crippen molar-refractivity contribution in [3.05, 3.63) is 46.8 Å². The average molecular weight is 382 g/mol. The Morgan fingerprint density at radius 3 is 2.46 bits per heavy atom. The number of carbonyl (C=O) groups is 1. The van der Waals surface area contributed by atoms with Gasteiger partial charge in [-0.3, -0.25) is 4.79 Å². The van der Waals surface area contributed by atoms with Gasteiger partial charge in [0.05, 0.1) is 13.2 Å². The quantitative estimate of drug-likeness (QED) is 0.879. The summed E-state index contributed by atoms with van der Waals surface area (Å²) >= 11 is 0. The van der Waals surface area contributed by atoms with Crippen LogP contribution in [-0.4, -0.2) is 52.9 Å². The molecule has 1 amide bonds. The Morgan fingerprint density at radius 1 is 1.07 bits per heavy atom. The van der Waals surface area contributed by atoms with Gasteiger partial charge in [0, 0.05) is 37.3 Å². The van der Waals surface area contributed by atoms with Crippen molar-refractivity contribution in [2.24, 2.45) is 0 Å².